The van der Waals surface area contributed by atoms with Crippen molar-refractivity contribution in [3.63, 3.8) is 0 Å². The van der Waals surface area contributed by atoms with Gasteiger partial charge in [0.2, 0.25) is 5.91 Å². The highest BCUT2D eigenvalue weighted by Gasteiger charge is 2.20. The number of amides is 1. The van der Waals surface area contributed by atoms with Gasteiger partial charge in [0.1, 0.15) is 0 Å². The number of benzene rings is 2. The lowest BCUT2D eigenvalue weighted by Crippen LogP contribution is -2.36. The Morgan fingerprint density at radius 1 is 1.03 bits per heavy atom. The summed E-state index contributed by atoms with van der Waals surface area (Å²) in [6.45, 7) is 7.58. The van der Waals surface area contributed by atoms with Crippen LogP contribution >= 0.6 is 11.3 Å². The van der Waals surface area contributed by atoms with Crippen molar-refractivity contribution in [2.24, 2.45) is 0 Å². The number of carbonyl (C=O) groups excluding carboxylic acids is 1. The van der Waals surface area contributed by atoms with Crippen molar-refractivity contribution in [2.75, 3.05) is 17.8 Å². The lowest BCUT2D eigenvalue weighted by atomic mass is 10.1. The predicted molar refractivity (Wildman–Crippen MR) is 133 cm³/mol. The van der Waals surface area contributed by atoms with E-state index in [0.29, 0.717) is 22.4 Å². The molecule has 0 radical (unpaired) electrons. The monoisotopic (exact) mass is 487 g/mol. The standard InChI is InChI=1S/C24H29N3O4S2/c1-16-13-17(2)23(18(3)14-16)25-33(30,31)19-7-8-20-21(15-19)32-24(29)27(20)12-9-22(28)26-10-5-4-6-11-26/h7-8,13-15,25H,4-6,9-12H2,1-3H3. The van der Waals surface area contributed by atoms with Crippen molar-refractivity contribution in [2.45, 2.75) is 57.9 Å². The summed E-state index contributed by atoms with van der Waals surface area (Å²) < 4.78 is 31.0. The van der Waals surface area contributed by atoms with Crippen molar-refractivity contribution in [3.8, 4) is 0 Å². The van der Waals surface area contributed by atoms with Crippen LogP contribution < -0.4 is 9.60 Å². The minimum Gasteiger partial charge on any atom is -0.343 e. The molecule has 0 unspecified atom stereocenters. The molecule has 1 fully saturated rings. The number of piperidine rings is 1. The van der Waals surface area contributed by atoms with Gasteiger partial charge in [0.25, 0.3) is 10.0 Å². The third kappa shape index (κ3) is 4.99. The number of fused-ring (bicyclic) bond motifs is 1. The zero-order chi connectivity index (χ0) is 23.8. The molecule has 0 atom stereocenters. The maximum atomic E-state index is 13.1. The van der Waals surface area contributed by atoms with Gasteiger partial charge in [0, 0.05) is 26.1 Å². The van der Waals surface area contributed by atoms with Crippen LogP contribution in [0.15, 0.2) is 40.0 Å². The smallest absolute Gasteiger partial charge is 0.308 e. The van der Waals surface area contributed by atoms with Crippen LogP contribution in [-0.2, 0) is 21.4 Å². The van der Waals surface area contributed by atoms with Crippen LogP contribution in [0.5, 0.6) is 0 Å². The topological polar surface area (TPSA) is 88.5 Å². The molecule has 0 bridgehead atoms. The summed E-state index contributed by atoms with van der Waals surface area (Å²) in [5.74, 6) is 0.0631. The van der Waals surface area contributed by atoms with Crippen molar-refractivity contribution in [1.82, 2.24) is 9.47 Å². The number of rotatable bonds is 6. The Labute approximate surface area is 198 Å². The minimum atomic E-state index is -3.82. The second-order valence-electron chi connectivity index (χ2n) is 8.72. The average molecular weight is 488 g/mol. The summed E-state index contributed by atoms with van der Waals surface area (Å²) in [5.41, 5.74) is 4.00. The number of aryl methyl sites for hydroxylation is 4. The van der Waals surface area contributed by atoms with Crippen LogP contribution in [0.25, 0.3) is 10.2 Å². The van der Waals surface area contributed by atoms with Gasteiger partial charge in [-0.05, 0) is 69.4 Å². The van der Waals surface area contributed by atoms with Crippen molar-refractivity contribution in [1.29, 1.82) is 0 Å². The van der Waals surface area contributed by atoms with Crippen LogP contribution in [0.2, 0.25) is 0 Å². The van der Waals surface area contributed by atoms with Gasteiger partial charge in [-0.25, -0.2) is 8.42 Å². The normalized spacial score (nSPS) is 14.6. The number of nitrogens with one attached hydrogen (secondary N) is 1. The molecule has 1 aliphatic rings. The Bertz CT molecular complexity index is 1340. The molecule has 7 nitrogen and oxygen atoms in total. The quantitative estimate of drug-likeness (QED) is 0.565. The molecule has 2 heterocycles. The first kappa shape index (κ1) is 23.5. The van der Waals surface area contributed by atoms with E-state index in [-0.39, 0.29) is 22.1 Å². The van der Waals surface area contributed by atoms with Crippen molar-refractivity contribution < 1.29 is 13.2 Å². The third-order valence-corrected chi connectivity index (χ3v) is 8.41. The molecule has 176 valence electrons. The molecule has 4 rings (SSSR count). The Morgan fingerprint density at radius 3 is 2.36 bits per heavy atom. The molecule has 0 spiro atoms. The van der Waals surface area contributed by atoms with Crippen LogP contribution in [0.4, 0.5) is 5.69 Å². The van der Waals surface area contributed by atoms with Gasteiger partial charge in [0.05, 0.1) is 20.8 Å². The largest absolute Gasteiger partial charge is 0.343 e. The fraction of sp³-hybridized carbons (Fsp3) is 0.417. The third-order valence-electron chi connectivity index (χ3n) is 6.12. The van der Waals surface area contributed by atoms with Crippen LogP contribution in [0.3, 0.4) is 0 Å². The van der Waals surface area contributed by atoms with Gasteiger partial charge >= 0.3 is 4.87 Å². The lowest BCUT2D eigenvalue weighted by molar-refractivity contribution is -0.132. The highest BCUT2D eigenvalue weighted by molar-refractivity contribution is 7.92. The number of aromatic nitrogens is 1. The molecular weight excluding hydrogens is 458 g/mol. The van der Waals surface area contributed by atoms with Gasteiger partial charge in [-0.15, -0.1) is 0 Å². The Balaban J connectivity index is 1.56. The van der Waals surface area contributed by atoms with E-state index in [2.05, 4.69) is 4.72 Å². The van der Waals surface area contributed by atoms with Gasteiger partial charge in [0.15, 0.2) is 0 Å². The first-order valence-electron chi connectivity index (χ1n) is 11.2. The number of hydrogen-bond donors (Lipinski definition) is 1. The summed E-state index contributed by atoms with van der Waals surface area (Å²) in [6, 6.07) is 8.57. The average Bonchev–Trinajstić information content (AvgIpc) is 3.09. The first-order chi connectivity index (χ1) is 15.7. The molecule has 1 aromatic heterocycles. The zero-order valence-corrected chi connectivity index (χ0v) is 20.8. The maximum Gasteiger partial charge on any atom is 0.308 e. The number of sulfonamides is 1. The molecule has 33 heavy (non-hydrogen) atoms. The summed E-state index contributed by atoms with van der Waals surface area (Å²) in [4.78, 5) is 26.9. The van der Waals surface area contributed by atoms with E-state index in [1.165, 1.54) is 12.1 Å². The summed E-state index contributed by atoms with van der Waals surface area (Å²) in [7, 11) is -3.82. The van der Waals surface area contributed by atoms with Crippen molar-refractivity contribution >= 4 is 43.2 Å². The number of nitrogens with zero attached hydrogens (tertiary/aromatic N) is 2. The number of carbonyl (C=O) groups is 1. The second kappa shape index (κ2) is 9.30. The second-order valence-corrected chi connectivity index (χ2v) is 11.4. The molecule has 0 saturated carbocycles. The van der Waals surface area contributed by atoms with Gasteiger partial charge in [-0.1, -0.05) is 29.0 Å². The van der Waals surface area contributed by atoms with Crippen molar-refractivity contribution in [3.05, 3.63) is 56.7 Å². The molecule has 9 heteroatoms. The molecule has 1 saturated heterocycles. The molecular formula is C24H29N3O4S2. The Morgan fingerprint density at radius 2 is 1.70 bits per heavy atom. The summed E-state index contributed by atoms with van der Waals surface area (Å²) >= 11 is 1.00. The predicted octanol–water partition coefficient (Wildman–Crippen LogP) is 4.19. The van der Waals surface area contributed by atoms with Gasteiger partial charge in [-0.2, -0.15) is 0 Å². The zero-order valence-electron chi connectivity index (χ0n) is 19.2. The van der Waals surface area contributed by atoms with E-state index >= 15 is 0 Å². The molecule has 1 aliphatic heterocycles. The highest BCUT2D eigenvalue weighted by atomic mass is 32.2. The molecule has 2 aromatic carbocycles. The van der Waals surface area contributed by atoms with E-state index < -0.39 is 10.0 Å². The summed E-state index contributed by atoms with van der Waals surface area (Å²) in [5, 5.41) is 0. The Kier molecular flexibility index (Phi) is 6.63. The van der Waals surface area contributed by atoms with Crippen LogP contribution in [-0.4, -0.2) is 36.9 Å². The molecule has 0 aliphatic carbocycles. The van der Waals surface area contributed by atoms with E-state index in [9.17, 15) is 18.0 Å². The molecule has 3 aromatic rings. The van der Waals surface area contributed by atoms with Gasteiger partial charge < -0.3 is 4.90 Å². The fourth-order valence-electron chi connectivity index (χ4n) is 4.47. The number of anilines is 1. The van der Waals surface area contributed by atoms with E-state index in [1.807, 2.05) is 37.8 Å². The summed E-state index contributed by atoms with van der Waals surface area (Å²) in [6.07, 6.45) is 3.47. The number of hydrogen-bond acceptors (Lipinski definition) is 5. The molecule has 1 amide bonds. The Hall–Kier alpha value is -2.65. The SMILES string of the molecule is Cc1cc(C)c(NS(=O)(=O)c2ccc3c(c2)sc(=O)n3CCC(=O)N2CCCCC2)c(C)c1. The lowest BCUT2D eigenvalue weighted by Gasteiger charge is -2.26. The van der Waals surface area contributed by atoms with Crippen LogP contribution in [0.1, 0.15) is 42.4 Å². The molecule has 1 N–H and O–H groups in total. The minimum absolute atomic E-state index is 0.0631. The maximum absolute atomic E-state index is 13.1. The highest BCUT2D eigenvalue weighted by Crippen LogP contribution is 2.27. The first-order valence-corrected chi connectivity index (χ1v) is 13.5. The van der Waals surface area contributed by atoms with E-state index in [4.69, 9.17) is 0 Å². The van der Waals surface area contributed by atoms with E-state index in [1.54, 1.807) is 10.6 Å². The number of likely N-dealkylation sites (tertiary alicyclic amines) is 1. The number of thiazole rings is 1. The van der Waals surface area contributed by atoms with Crippen LogP contribution in [0, 0.1) is 20.8 Å². The fourth-order valence-corrected chi connectivity index (χ4v) is 6.73. The van der Waals surface area contributed by atoms with Gasteiger partial charge in [-0.3, -0.25) is 18.9 Å². The van der Waals surface area contributed by atoms with E-state index in [0.717, 1.165) is 60.4 Å².